The number of imidazole rings is 1. The van der Waals surface area contributed by atoms with Crippen molar-refractivity contribution >= 4 is 40.3 Å². The van der Waals surface area contributed by atoms with Crippen LogP contribution < -0.4 is 4.74 Å². The molecule has 0 radical (unpaired) electrons. The van der Waals surface area contributed by atoms with Crippen molar-refractivity contribution in [3.8, 4) is 6.01 Å². The van der Waals surface area contributed by atoms with Gasteiger partial charge >= 0.3 is 6.09 Å². The third-order valence-electron chi connectivity index (χ3n) is 5.37. The van der Waals surface area contributed by atoms with E-state index in [0.717, 1.165) is 29.4 Å². The molecule has 1 amide bonds. The van der Waals surface area contributed by atoms with Crippen LogP contribution in [-0.4, -0.2) is 45.3 Å². The maximum absolute atomic E-state index is 12.6. The summed E-state index contributed by atoms with van der Waals surface area (Å²) in [6.07, 6.45) is 1.48. The van der Waals surface area contributed by atoms with Crippen LogP contribution in [0.3, 0.4) is 0 Å². The number of aromatic nitrogens is 2. The number of carbonyl (C=O) groups excluding carboxylic acids is 1. The maximum atomic E-state index is 12.6. The molecule has 1 aliphatic rings. The second kappa shape index (κ2) is 9.20. The number of para-hydroxylation sites is 2. The Bertz CT molecular complexity index is 1120. The lowest BCUT2D eigenvalue weighted by molar-refractivity contribution is 0.0183. The van der Waals surface area contributed by atoms with Crippen molar-refractivity contribution in [2.45, 2.75) is 51.8 Å². The zero-order chi connectivity index (χ0) is 22.9. The number of hydrogen-bond acceptors (Lipinski definition) is 4. The summed E-state index contributed by atoms with van der Waals surface area (Å²) >= 11 is 12.6. The molecule has 0 unspecified atom stereocenters. The van der Waals surface area contributed by atoms with Crippen LogP contribution in [0.1, 0.15) is 39.2 Å². The lowest BCUT2D eigenvalue weighted by Gasteiger charge is -2.28. The third kappa shape index (κ3) is 5.13. The zero-order valence-electron chi connectivity index (χ0n) is 18.5. The first kappa shape index (κ1) is 22.7. The molecule has 0 spiro atoms. The number of nitrogens with zero attached hydrogens (tertiary/aromatic N) is 3. The summed E-state index contributed by atoms with van der Waals surface area (Å²) in [4.78, 5) is 19.0. The number of halogens is 2. The van der Waals surface area contributed by atoms with Crippen LogP contribution in [-0.2, 0) is 11.3 Å². The van der Waals surface area contributed by atoms with Gasteiger partial charge in [-0.2, -0.15) is 4.98 Å². The van der Waals surface area contributed by atoms with Gasteiger partial charge in [0, 0.05) is 16.6 Å². The molecule has 0 N–H and O–H groups in total. The van der Waals surface area contributed by atoms with Crippen LogP contribution in [0, 0.1) is 0 Å². The van der Waals surface area contributed by atoms with Gasteiger partial charge in [-0.15, -0.1) is 0 Å². The lowest BCUT2D eigenvalue weighted by Crippen LogP contribution is -2.42. The predicted molar refractivity (Wildman–Crippen MR) is 127 cm³/mol. The molecule has 0 saturated carbocycles. The highest BCUT2D eigenvalue weighted by molar-refractivity contribution is 6.33. The number of amides is 1. The van der Waals surface area contributed by atoms with E-state index in [-0.39, 0.29) is 12.1 Å². The molecule has 6 nitrogen and oxygen atoms in total. The summed E-state index contributed by atoms with van der Waals surface area (Å²) in [5.74, 6) is 0. The number of rotatable bonds is 5. The monoisotopic (exact) mass is 475 g/mol. The van der Waals surface area contributed by atoms with Crippen LogP contribution in [0.25, 0.3) is 11.0 Å². The second-order valence-corrected chi connectivity index (χ2v) is 9.83. The Morgan fingerprint density at radius 1 is 1.19 bits per heavy atom. The quantitative estimate of drug-likeness (QED) is 0.442. The van der Waals surface area contributed by atoms with E-state index >= 15 is 0 Å². The van der Waals surface area contributed by atoms with E-state index < -0.39 is 5.60 Å². The van der Waals surface area contributed by atoms with Gasteiger partial charge in [-0.25, -0.2) is 4.79 Å². The first-order chi connectivity index (χ1) is 15.2. The van der Waals surface area contributed by atoms with Crippen molar-refractivity contribution in [1.29, 1.82) is 0 Å². The Labute approximate surface area is 198 Å². The fraction of sp³-hybridized carbons (Fsp3) is 0.417. The van der Waals surface area contributed by atoms with Crippen LogP contribution in [0.15, 0.2) is 42.5 Å². The number of likely N-dealkylation sites (tertiary alicyclic amines) is 1. The molecule has 1 atom stereocenters. The zero-order valence-corrected chi connectivity index (χ0v) is 20.0. The maximum Gasteiger partial charge on any atom is 0.410 e. The SMILES string of the molecule is CC(C)(C)OC(=O)N1CCC[C@@H]1COc1nc2ccccc2n1Cc1cc(Cl)ccc1Cl. The fourth-order valence-electron chi connectivity index (χ4n) is 3.89. The molecule has 170 valence electrons. The van der Waals surface area contributed by atoms with Crippen molar-refractivity contribution in [2.24, 2.45) is 0 Å². The molecule has 3 aromatic rings. The summed E-state index contributed by atoms with van der Waals surface area (Å²) < 4.78 is 13.7. The lowest BCUT2D eigenvalue weighted by atomic mass is 10.2. The molecule has 1 fully saturated rings. The average Bonchev–Trinajstić information content (AvgIpc) is 3.33. The van der Waals surface area contributed by atoms with E-state index in [2.05, 4.69) is 4.98 Å². The number of benzene rings is 2. The smallest absolute Gasteiger partial charge is 0.410 e. The van der Waals surface area contributed by atoms with Crippen LogP contribution in [0.5, 0.6) is 6.01 Å². The molecule has 8 heteroatoms. The van der Waals surface area contributed by atoms with Gasteiger partial charge in [0.15, 0.2) is 0 Å². The molecular weight excluding hydrogens is 449 g/mol. The van der Waals surface area contributed by atoms with Crippen molar-refractivity contribution in [3.05, 3.63) is 58.1 Å². The third-order valence-corrected chi connectivity index (χ3v) is 5.97. The first-order valence-corrected chi connectivity index (χ1v) is 11.5. The molecule has 1 saturated heterocycles. The molecule has 1 aliphatic heterocycles. The van der Waals surface area contributed by atoms with Gasteiger partial charge in [0.05, 0.1) is 23.6 Å². The average molecular weight is 476 g/mol. The highest BCUT2D eigenvalue weighted by Crippen LogP contribution is 2.28. The number of fused-ring (bicyclic) bond motifs is 1. The molecule has 32 heavy (non-hydrogen) atoms. The van der Waals surface area contributed by atoms with Gasteiger partial charge in [-0.05, 0) is 69.5 Å². The van der Waals surface area contributed by atoms with Gasteiger partial charge in [-0.3, -0.25) is 4.57 Å². The first-order valence-electron chi connectivity index (χ1n) is 10.7. The van der Waals surface area contributed by atoms with Crippen molar-refractivity contribution in [1.82, 2.24) is 14.5 Å². The van der Waals surface area contributed by atoms with E-state index in [1.165, 1.54) is 0 Å². The molecule has 1 aromatic heterocycles. The van der Waals surface area contributed by atoms with Crippen molar-refractivity contribution < 1.29 is 14.3 Å². The van der Waals surface area contributed by atoms with E-state index in [1.54, 1.807) is 17.0 Å². The van der Waals surface area contributed by atoms with E-state index in [0.29, 0.717) is 35.8 Å². The number of hydrogen-bond donors (Lipinski definition) is 0. The van der Waals surface area contributed by atoms with E-state index in [1.807, 2.05) is 55.7 Å². The van der Waals surface area contributed by atoms with Gasteiger partial charge in [-0.1, -0.05) is 35.3 Å². The molecule has 2 aromatic carbocycles. The summed E-state index contributed by atoms with van der Waals surface area (Å²) in [6, 6.07) is 13.7. The fourth-order valence-corrected chi connectivity index (χ4v) is 4.26. The summed E-state index contributed by atoms with van der Waals surface area (Å²) in [5.41, 5.74) is 2.11. The molecule has 4 rings (SSSR count). The summed E-state index contributed by atoms with van der Waals surface area (Å²) in [7, 11) is 0. The van der Waals surface area contributed by atoms with Gasteiger partial charge in [0.2, 0.25) is 0 Å². The number of carbonyl (C=O) groups is 1. The standard InChI is InChI=1S/C24H27Cl2N3O3/c1-24(2,3)32-23(30)28-12-6-7-18(28)15-31-22-27-20-8-4-5-9-21(20)29(22)14-16-13-17(25)10-11-19(16)26/h4-5,8-11,13,18H,6-7,12,14-15H2,1-3H3/t18-/m1/s1. The van der Waals surface area contributed by atoms with Crippen molar-refractivity contribution in [2.75, 3.05) is 13.2 Å². The minimum absolute atomic E-state index is 0.0622. The van der Waals surface area contributed by atoms with Crippen LogP contribution in [0.2, 0.25) is 10.0 Å². The van der Waals surface area contributed by atoms with Gasteiger partial charge in [0.1, 0.15) is 12.2 Å². The normalized spacial score (nSPS) is 16.5. The molecule has 0 bridgehead atoms. The summed E-state index contributed by atoms with van der Waals surface area (Å²) in [6.45, 7) is 7.08. The molecular formula is C24H27Cl2N3O3. The topological polar surface area (TPSA) is 56.6 Å². The van der Waals surface area contributed by atoms with Crippen LogP contribution >= 0.6 is 23.2 Å². The van der Waals surface area contributed by atoms with Gasteiger partial charge < -0.3 is 14.4 Å². The number of ether oxygens (including phenoxy) is 2. The Morgan fingerprint density at radius 3 is 2.75 bits per heavy atom. The van der Waals surface area contributed by atoms with E-state index in [4.69, 9.17) is 32.7 Å². The minimum Gasteiger partial charge on any atom is -0.462 e. The van der Waals surface area contributed by atoms with E-state index in [9.17, 15) is 4.79 Å². The second-order valence-electron chi connectivity index (χ2n) is 8.99. The highest BCUT2D eigenvalue weighted by Gasteiger charge is 2.33. The Morgan fingerprint density at radius 2 is 1.97 bits per heavy atom. The Balaban J connectivity index is 1.56. The van der Waals surface area contributed by atoms with Gasteiger partial charge in [0.25, 0.3) is 6.01 Å². The highest BCUT2D eigenvalue weighted by atomic mass is 35.5. The van der Waals surface area contributed by atoms with Crippen molar-refractivity contribution in [3.63, 3.8) is 0 Å². The predicted octanol–water partition coefficient (Wildman–Crippen LogP) is 6.17. The molecule has 0 aliphatic carbocycles. The summed E-state index contributed by atoms with van der Waals surface area (Å²) in [5, 5.41) is 1.25. The largest absolute Gasteiger partial charge is 0.462 e. The molecule has 2 heterocycles. The Hall–Kier alpha value is -2.44. The van der Waals surface area contributed by atoms with Crippen LogP contribution in [0.4, 0.5) is 4.79 Å². The Kier molecular flexibility index (Phi) is 6.54. The minimum atomic E-state index is -0.532.